The summed E-state index contributed by atoms with van der Waals surface area (Å²) in [6.45, 7) is -0.00363. The maximum absolute atomic E-state index is 12.1. The van der Waals surface area contributed by atoms with Crippen LogP contribution in [0.15, 0.2) is 64.1 Å². The molecule has 1 aromatic heterocycles. The zero-order chi connectivity index (χ0) is 23.1. The van der Waals surface area contributed by atoms with Crippen molar-refractivity contribution in [2.75, 3.05) is 7.11 Å². The lowest BCUT2D eigenvalue weighted by Crippen LogP contribution is -2.17. The third kappa shape index (κ3) is 5.48. The van der Waals surface area contributed by atoms with E-state index in [0.717, 1.165) is 6.07 Å². The molecule has 0 saturated carbocycles. The van der Waals surface area contributed by atoms with Crippen molar-refractivity contribution in [3.63, 3.8) is 0 Å². The normalized spacial score (nSPS) is 10.7. The van der Waals surface area contributed by atoms with Gasteiger partial charge in [0, 0.05) is 17.7 Å². The van der Waals surface area contributed by atoms with Crippen molar-refractivity contribution in [2.45, 2.75) is 6.61 Å². The van der Waals surface area contributed by atoms with Crippen LogP contribution in [0.25, 0.3) is 0 Å². The van der Waals surface area contributed by atoms with Gasteiger partial charge in [0.2, 0.25) is 5.76 Å². The Labute approximate surface area is 181 Å². The Morgan fingerprint density at radius 1 is 1.19 bits per heavy atom. The summed E-state index contributed by atoms with van der Waals surface area (Å²) in [4.78, 5) is 33.2. The minimum atomic E-state index is -1.17. The number of hydrogen-bond donors (Lipinski definition) is 2. The average molecular weight is 439 g/mol. The fourth-order valence-electron chi connectivity index (χ4n) is 2.59. The highest BCUT2D eigenvalue weighted by molar-refractivity contribution is 5.95. The molecule has 1 amide bonds. The summed E-state index contributed by atoms with van der Waals surface area (Å²) in [5.74, 6) is -0.859. The number of hydrazone groups is 1. The molecule has 0 aliphatic rings. The van der Waals surface area contributed by atoms with Crippen LogP contribution < -0.4 is 14.9 Å². The first-order valence-electron chi connectivity index (χ1n) is 9.08. The number of carboxylic acids is 1. The van der Waals surface area contributed by atoms with Gasteiger partial charge in [-0.25, -0.2) is 10.2 Å². The van der Waals surface area contributed by atoms with Crippen molar-refractivity contribution >= 4 is 23.8 Å². The summed E-state index contributed by atoms with van der Waals surface area (Å²) in [6, 6.07) is 13.0. The maximum atomic E-state index is 12.1. The van der Waals surface area contributed by atoms with Crippen molar-refractivity contribution in [2.24, 2.45) is 5.10 Å². The fourth-order valence-corrected chi connectivity index (χ4v) is 2.59. The molecule has 0 fully saturated rings. The predicted molar refractivity (Wildman–Crippen MR) is 111 cm³/mol. The monoisotopic (exact) mass is 439 g/mol. The van der Waals surface area contributed by atoms with E-state index in [-0.39, 0.29) is 23.6 Å². The number of carbonyl (C=O) groups excluding carboxylic acids is 1. The number of rotatable bonds is 9. The van der Waals surface area contributed by atoms with Crippen LogP contribution in [0.2, 0.25) is 0 Å². The Morgan fingerprint density at radius 3 is 2.69 bits per heavy atom. The van der Waals surface area contributed by atoms with Crippen molar-refractivity contribution < 1.29 is 33.5 Å². The number of nitro groups is 1. The lowest BCUT2D eigenvalue weighted by atomic mass is 10.2. The first-order chi connectivity index (χ1) is 15.4. The highest BCUT2D eigenvalue weighted by atomic mass is 16.6. The average Bonchev–Trinajstić information content (AvgIpc) is 3.27. The number of aromatic carboxylic acids is 1. The molecule has 0 bridgehead atoms. The number of furan rings is 1. The number of carbonyl (C=O) groups is 2. The number of non-ortho nitro benzene ring substituents is 1. The van der Waals surface area contributed by atoms with E-state index in [2.05, 4.69) is 10.5 Å². The number of hydrogen-bond acceptors (Lipinski definition) is 8. The Balaban J connectivity index is 1.62. The fraction of sp³-hybridized carbons (Fsp3) is 0.0952. The summed E-state index contributed by atoms with van der Waals surface area (Å²) in [5.41, 5.74) is 2.78. The van der Waals surface area contributed by atoms with E-state index >= 15 is 0 Å². The van der Waals surface area contributed by atoms with E-state index in [4.69, 9.17) is 19.0 Å². The van der Waals surface area contributed by atoms with Gasteiger partial charge in [-0.1, -0.05) is 6.07 Å². The van der Waals surface area contributed by atoms with Gasteiger partial charge in [0.15, 0.2) is 11.5 Å². The first-order valence-corrected chi connectivity index (χ1v) is 9.08. The van der Waals surface area contributed by atoms with Gasteiger partial charge in [-0.2, -0.15) is 5.10 Å². The van der Waals surface area contributed by atoms with E-state index < -0.39 is 16.8 Å². The largest absolute Gasteiger partial charge is 0.493 e. The highest BCUT2D eigenvalue weighted by Crippen LogP contribution is 2.28. The third-order valence-electron chi connectivity index (χ3n) is 4.13. The van der Waals surface area contributed by atoms with E-state index in [9.17, 15) is 19.7 Å². The number of nitrogens with one attached hydrogen (secondary N) is 1. The van der Waals surface area contributed by atoms with Gasteiger partial charge in [-0.3, -0.25) is 14.9 Å². The molecule has 0 saturated heterocycles. The molecule has 0 spiro atoms. The summed E-state index contributed by atoms with van der Waals surface area (Å²) < 4.78 is 16.0. The number of methoxy groups -OCH3 is 1. The molecule has 32 heavy (non-hydrogen) atoms. The summed E-state index contributed by atoms with van der Waals surface area (Å²) in [6.07, 6.45) is 1.37. The zero-order valence-electron chi connectivity index (χ0n) is 16.7. The standard InChI is InChI=1S/C21H17N3O8/c1-30-19-9-13(5-7-17(19)31-12-16-6-8-18(32-16)21(26)27)11-22-23-20(25)14-3-2-4-15(10-14)24(28)29/h2-11H,12H2,1H3,(H,23,25)(H,26,27)/b22-11-. The van der Waals surface area contributed by atoms with Crippen molar-refractivity contribution in [3.05, 3.63) is 87.4 Å². The third-order valence-corrected chi connectivity index (χ3v) is 4.13. The lowest BCUT2D eigenvalue weighted by molar-refractivity contribution is -0.384. The van der Waals surface area contributed by atoms with Crippen LogP contribution in [0.5, 0.6) is 11.5 Å². The number of benzene rings is 2. The minimum absolute atomic E-state index is 0.00363. The second-order valence-electron chi connectivity index (χ2n) is 6.28. The molecule has 2 aromatic carbocycles. The van der Waals surface area contributed by atoms with Crippen LogP contribution in [0.3, 0.4) is 0 Å². The molecule has 11 heteroatoms. The molecule has 0 aliphatic heterocycles. The van der Waals surface area contributed by atoms with Crippen molar-refractivity contribution in [1.82, 2.24) is 5.43 Å². The number of carboxylic acid groups (broad SMARTS) is 1. The molecule has 2 N–H and O–H groups in total. The van der Waals surface area contributed by atoms with Crippen molar-refractivity contribution in [3.8, 4) is 11.5 Å². The number of nitrogens with zero attached hydrogens (tertiary/aromatic N) is 2. The Bertz CT molecular complexity index is 1190. The number of ether oxygens (including phenoxy) is 2. The Kier molecular flexibility index (Phi) is 6.81. The number of amides is 1. The van der Waals surface area contributed by atoms with Gasteiger partial charge >= 0.3 is 5.97 Å². The summed E-state index contributed by atoms with van der Waals surface area (Å²) in [5, 5.41) is 23.5. The highest BCUT2D eigenvalue weighted by Gasteiger charge is 2.12. The van der Waals surface area contributed by atoms with E-state index in [1.807, 2.05) is 0 Å². The minimum Gasteiger partial charge on any atom is -0.493 e. The quantitative estimate of drug-likeness (QED) is 0.293. The summed E-state index contributed by atoms with van der Waals surface area (Å²) in [7, 11) is 1.45. The lowest BCUT2D eigenvalue weighted by Gasteiger charge is -2.10. The van der Waals surface area contributed by atoms with Gasteiger partial charge in [0.25, 0.3) is 11.6 Å². The smallest absolute Gasteiger partial charge is 0.371 e. The first kappa shape index (κ1) is 22.0. The van der Waals surface area contributed by atoms with Crippen LogP contribution in [-0.2, 0) is 6.61 Å². The van der Waals surface area contributed by atoms with E-state index in [1.54, 1.807) is 18.2 Å². The molecule has 0 unspecified atom stereocenters. The molecule has 0 radical (unpaired) electrons. The molecular formula is C21H17N3O8. The SMILES string of the molecule is COc1cc(/C=N\NC(=O)c2cccc([N+](=O)[O-])c2)ccc1OCc1ccc(C(=O)O)o1. The molecule has 0 aliphatic carbocycles. The Morgan fingerprint density at radius 2 is 2.00 bits per heavy atom. The second-order valence-corrected chi connectivity index (χ2v) is 6.28. The topological polar surface area (TPSA) is 154 Å². The number of nitro benzene ring substituents is 1. The predicted octanol–water partition coefficient (Wildman–Crippen LogP) is 3.24. The van der Waals surface area contributed by atoms with Gasteiger partial charge < -0.3 is 19.0 Å². The van der Waals surface area contributed by atoms with E-state index in [1.165, 1.54) is 43.7 Å². The van der Waals surface area contributed by atoms with Gasteiger partial charge in [-0.05, 0) is 42.0 Å². The van der Waals surface area contributed by atoms with E-state index in [0.29, 0.717) is 22.8 Å². The van der Waals surface area contributed by atoms with Crippen LogP contribution in [0, 0.1) is 10.1 Å². The van der Waals surface area contributed by atoms with Crippen molar-refractivity contribution in [1.29, 1.82) is 0 Å². The second kappa shape index (κ2) is 9.89. The van der Waals surface area contributed by atoms with Crippen LogP contribution in [0.1, 0.15) is 32.2 Å². The van der Waals surface area contributed by atoms with Gasteiger partial charge in [0.05, 0.1) is 18.2 Å². The molecule has 3 aromatic rings. The van der Waals surface area contributed by atoms with Gasteiger partial charge in [0.1, 0.15) is 12.4 Å². The van der Waals surface area contributed by atoms with Crippen LogP contribution in [-0.4, -0.2) is 35.2 Å². The molecule has 164 valence electrons. The maximum Gasteiger partial charge on any atom is 0.371 e. The molecule has 0 atom stereocenters. The van der Waals surface area contributed by atoms with Crippen LogP contribution >= 0.6 is 0 Å². The van der Waals surface area contributed by atoms with Crippen LogP contribution in [0.4, 0.5) is 5.69 Å². The molecular weight excluding hydrogens is 422 g/mol. The summed E-state index contributed by atoms with van der Waals surface area (Å²) >= 11 is 0. The molecule has 1 heterocycles. The zero-order valence-corrected chi connectivity index (χ0v) is 16.7. The van der Waals surface area contributed by atoms with Gasteiger partial charge in [-0.15, -0.1) is 0 Å². The molecule has 3 rings (SSSR count). The Hall–Kier alpha value is -4.67. The molecule has 11 nitrogen and oxygen atoms in total.